The largest absolute Gasteiger partial charge is 0.475 e. The highest BCUT2D eigenvalue weighted by atomic mass is 16.5. The summed E-state index contributed by atoms with van der Waals surface area (Å²) in [6, 6.07) is 3.14. The number of amides is 2. The first-order valence-electron chi connectivity index (χ1n) is 6.73. The van der Waals surface area contributed by atoms with Crippen molar-refractivity contribution in [2.75, 3.05) is 33.9 Å². The summed E-state index contributed by atoms with van der Waals surface area (Å²) in [4.78, 5) is 29.4. The van der Waals surface area contributed by atoms with E-state index in [-0.39, 0.29) is 23.7 Å². The van der Waals surface area contributed by atoms with Gasteiger partial charge in [-0.2, -0.15) is 0 Å². The molecule has 1 saturated heterocycles. The van der Waals surface area contributed by atoms with Crippen molar-refractivity contribution in [3.63, 3.8) is 0 Å². The summed E-state index contributed by atoms with van der Waals surface area (Å²) in [6.07, 6.45) is 1.88. The van der Waals surface area contributed by atoms with Crippen LogP contribution in [0.3, 0.4) is 0 Å². The lowest BCUT2D eigenvalue weighted by Crippen LogP contribution is -2.36. The number of carbonyl (C=O) groups is 2. The molecule has 0 saturated carbocycles. The molecule has 2 rings (SSSR count). The normalized spacial score (nSPS) is 17.9. The molecule has 0 radical (unpaired) electrons. The lowest BCUT2D eigenvalue weighted by Gasteiger charge is -2.14. The van der Waals surface area contributed by atoms with Gasteiger partial charge in [0.2, 0.25) is 11.8 Å². The fourth-order valence-electron chi connectivity index (χ4n) is 2.12. The lowest BCUT2D eigenvalue weighted by atomic mass is 10.2. The Bertz CT molecular complexity index is 521. The molecule has 1 aromatic heterocycles. The number of methoxy groups -OCH3 is 1. The van der Waals surface area contributed by atoms with Crippen LogP contribution in [0.1, 0.15) is 16.8 Å². The summed E-state index contributed by atoms with van der Waals surface area (Å²) in [7, 11) is 3.29. The minimum Gasteiger partial charge on any atom is -0.475 e. The van der Waals surface area contributed by atoms with Gasteiger partial charge in [-0.1, -0.05) is 0 Å². The van der Waals surface area contributed by atoms with E-state index in [9.17, 15) is 9.59 Å². The minimum absolute atomic E-state index is 0.0306. The van der Waals surface area contributed by atoms with E-state index in [0.29, 0.717) is 31.7 Å². The highest BCUT2D eigenvalue weighted by molar-refractivity contribution is 5.97. The van der Waals surface area contributed by atoms with Gasteiger partial charge in [-0.3, -0.25) is 9.59 Å². The van der Waals surface area contributed by atoms with E-state index in [4.69, 9.17) is 9.47 Å². The average molecular weight is 293 g/mol. The summed E-state index contributed by atoms with van der Waals surface area (Å²) < 4.78 is 10.3. The molecule has 2 amide bonds. The second-order valence-corrected chi connectivity index (χ2v) is 4.85. The molecule has 7 heteroatoms. The van der Waals surface area contributed by atoms with Crippen molar-refractivity contribution in [1.82, 2.24) is 15.2 Å². The third-order valence-electron chi connectivity index (χ3n) is 3.22. The molecule has 1 fully saturated rings. The summed E-state index contributed by atoms with van der Waals surface area (Å²) in [5, 5.41) is 2.83. The van der Waals surface area contributed by atoms with Crippen molar-refractivity contribution in [2.45, 2.75) is 12.5 Å². The van der Waals surface area contributed by atoms with E-state index in [1.54, 1.807) is 37.4 Å². The first-order chi connectivity index (χ1) is 10.1. The Labute approximate surface area is 123 Å². The van der Waals surface area contributed by atoms with Crippen molar-refractivity contribution in [3.05, 3.63) is 23.9 Å². The van der Waals surface area contributed by atoms with Gasteiger partial charge in [0.1, 0.15) is 12.2 Å². The van der Waals surface area contributed by atoms with Crippen LogP contribution in [0, 0.1) is 0 Å². The van der Waals surface area contributed by atoms with Crippen LogP contribution in [0.5, 0.6) is 5.88 Å². The van der Waals surface area contributed by atoms with E-state index in [1.165, 1.54) is 0 Å². The lowest BCUT2D eigenvalue weighted by molar-refractivity contribution is -0.126. The molecule has 0 aliphatic carbocycles. The molecule has 21 heavy (non-hydrogen) atoms. The fourth-order valence-corrected chi connectivity index (χ4v) is 2.12. The Balaban J connectivity index is 2.00. The topological polar surface area (TPSA) is 80.8 Å². The van der Waals surface area contributed by atoms with Crippen LogP contribution < -0.4 is 10.1 Å². The molecule has 1 N–H and O–H groups in total. The van der Waals surface area contributed by atoms with Gasteiger partial charge in [-0.05, 0) is 12.1 Å². The molecule has 114 valence electrons. The smallest absolute Gasteiger partial charge is 0.257 e. The van der Waals surface area contributed by atoms with Crippen molar-refractivity contribution < 1.29 is 19.1 Å². The van der Waals surface area contributed by atoms with Crippen LogP contribution in [-0.2, 0) is 9.53 Å². The standard InChI is InChI=1S/C14H19N3O4/c1-17-9-10(8-12(17)18)16-13(19)11-4-3-5-15-14(11)21-7-6-20-2/h3-5,10H,6-9H2,1-2H3,(H,16,19). The third kappa shape index (κ3) is 3.91. The van der Waals surface area contributed by atoms with E-state index in [0.717, 1.165) is 0 Å². The van der Waals surface area contributed by atoms with Gasteiger partial charge in [-0.15, -0.1) is 0 Å². The first-order valence-corrected chi connectivity index (χ1v) is 6.73. The van der Waals surface area contributed by atoms with E-state index in [2.05, 4.69) is 10.3 Å². The molecule has 2 heterocycles. The number of pyridine rings is 1. The summed E-state index contributed by atoms with van der Waals surface area (Å²) in [5.74, 6) is 0.0106. The molecular formula is C14H19N3O4. The quantitative estimate of drug-likeness (QED) is 0.751. The number of carbonyl (C=O) groups excluding carboxylic acids is 2. The second kappa shape index (κ2) is 7.03. The molecule has 0 spiro atoms. The fraction of sp³-hybridized carbons (Fsp3) is 0.500. The number of nitrogens with zero attached hydrogens (tertiary/aromatic N) is 2. The number of rotatable bonds is 6. The zero-order chi connectivity index (χ0) is 15.2. The Morgan fingerprint density at radius 2 is 2.33 bits per heavy atom. The maximum atomic E-state index is 12.3. The van der Waals surface area contributed by atoms with Gasteiger partial charge < -0.3 is 19.7 Å². The second-order valence-electron chi connectivity index (χ2n) is 4.85. The Morgan fingerprint density at radius 1 is 1.52 bits per heavy atom. The number of likely N-dealkylation sites (tertiary alicyclic amines) is 1. The molecular weight excluding hydrogens is 274 g/mol. The molecule has 1 aromatic rings. The third-order valence-corrected chi connectivity index (χ3v) is 3.22. The molecule has 0 aromatic carbocycles. The van der Waals surface area contributed by atoms with Gasteiger partial charge in [0.05, 0.1) is 12.6 Å². The molecule has 1 aliphatic heterocycles. The maximum Gasteiger partial charge on any atom is 0.257 e. The van der Waals surface area contributed by atoms with Crippen LogP contribution in [0.15, 0.2) is 18.3 Å². The molecule has 1 atom stereocenters. The highest BCUT2D eigenvalue weighted by Crippen LogP contribution is 2.16. The predicted molar refractivity (Wildman–Crippen MR) is 75.1 cm³/mol. The molecule has 1 aliphatic rings. The number of hydrogen-bond donors (Lipinski definition) is 1. The molecule has 7 nitrogen and oxygen atoms in total. The first kappa shape index (κ1) is 15.2. The maximum absolute atomic E-state index is 12.3. The number of aromatic nitrogens is 1. The van der Waals surface area contributed by atoms with Crippen molar-refractivity contribution >= 4 is 11.8 Å². The van der Waals surface area contributed by atoms with Crippen LogP contribution in [0.25, 0.3) is 0 Å². The van der Waals surface area contributed by atoms with Crippen LogP contribution in [0.4, 0.5) is 0 Å². The number of nitrogens with one attached hydrogen (secondary N) is 1. The average Bonchev–Trinajstić information content (AvgIpc) is 2.78. The Hall–Kier alpha value is -2.15. The van der Waals surface area contributed by atoms with Crippen molar-refractivity contribution in [1.29, 1.82) is 0 Å². The zero-order valence-electron chi connectivity index (χ0n) is 12.2. The van der Waals surface area contributed by atoms with E-state index in [1.807, 2.05) is 0 Å². The van der Waals surface area contributed by atoms with Gasteiger partial charge in [0, 0.05) is 33.3 Å². The monoisotopic (exact) mass is 293 g/mol. The predicted octanol–water partition coefficient (Wildman–Crippen LogP) is 0.0673. The number of hydrogen-bond acceptors (Lipinski definition) is 5. The van der Waals surface area contributed by atoms with Gasteiger partial charge in [0.15, 0.2) is 0 Å². The van der Waals surface area contributed by atoms with Gasteiger partial charge in [0.25, 0.3) is 5.91 Å². The highest BCUT2D eigenvalue weighted by Gasteiger charge is 2.28. The summed E-state index contributed by atoms with van der Waals surface area (Å²) >= 11 is 0. The van der Waals surface area contributed by atoms with Gasteiger partial charge >= 0.3 is 0 Å². The summed E-state index contributed by atoms with van der Waals surface area (Å²) in [6.45, 7) is 1.25. The van der Waals surface area contributed by atoms with Crippen LogP contribution >= 0.6 is 0 Å². The van der Waals surface area contributed by atoms with Crippen LogP contribution in [-0.4, -0.2) is 61.7 Å². The molecule has 0 bridgehead atoms. The zero-order valence-corrected chi connectivity index (χ0v) is 12.2. The van der Waals surface area contributed by atoms with E-state index >= 15 is 0 Å². The number of likely N-dealkylation sites (N-methyl/N-ethyl adjacent to an activating group) is 1. The van der Waals surface area contributed by atoms with Crippen LogP contribution in [0.2, 0.25) is 0 Å². The SMILES string of the molecule is COCCOc1ncccc1C(=O)NC1CC(=O)N(C)C1. The van der Waals surface area contributed by atoms with Crippen molar-refractivity contribution in [2.24, 2.45) is 0 Å². The minimum atomic E-state index is -0.288. The Kier molecular flexibility index (Phi) is 5.10. The summed E-state index contributed by atoms with van der Waals surface area (Å²) in [5.41, 5.74) is 0.357. The van der Waals surface area contributed by atoms with Crippen molar-refractivity contribution in [3.8, 4) is 5.88 Å². The molecule has 1 unspecified atom stereocenters. The van der Waals surface area contributed by atoms with E-state index < -0.39 is 0 Å². The number of ether oxygens (including phenoxy) is 2. The Morgan fingerprint density at radius 3 is 3.00 bits per heavy atom. The van der Waals surface area contributed by atoms with Gasteiger partial charge in [-0.25, -0.2) is 4.98 Å².